The summed E-state index contributed by atoms with van der Waals surface area (Å²) in [5, 5.41) is 0. The molecule has 1 unspecified atom stereocenters. The normalized spacial score (nSPS) is 19.7. The molecule has 1 aliphatic rings. The molecule has 0 saturated carbocycles. The zero-order valence-corrected chi connectivity index (χ0v) is 12.7. The van der Waals surface area contributed by atoms with Crippen molar-refractivity contribution in [3.05, 3.63) is 23.4 Å². The first-order valence-electron chi connectivity index (χ1n) is 7.47. The van der Waals surface area contributed by atoms with E-state index in [2.05, 4.69) is 44.7 Å². The lowest BCUT2D eigenvalue weighted by atomic mass is 9.95. The summed E-state index contributed by atoms with van der Waals surface area (Å²) in [7, 11) is 0. The maximum absolute atomic E-state index is 5.82. The maximum atomic E-state index is 5.82. The van der Waals surface area contributed by atoms with Gasteiger partial charge < -0.3 is 10.6 Å². The minimum Gasteiger partial charge on any atom is -0.356 e. The molecule has 1 fully saturated rings. The van der Waals surface area contributed by atoms with Crippen molar-refractivity contribution >= 4 is 5.82 Å². The van der Waals surface area contributed by atoms with E-state index in [9.17, 15) is 0 Å². The molecule has 2 N–H and O–H groups in total. The van der Waals surface area contributed by atoms with E-state index in [1.165, 1.54) is 12.0 Å². The Bertz CT molecular complexity index is 426. The van der Waals surface area contributed by atoms with Crippen LogP contribution in [0.25, 0.3) is 0 Å². The summed E-state index contributed by atoms with van der Waals surface area (Å²) >= 11 is 0. The van der Waals surface area contributed by atoms with Crippen molar-refractivity contribution in [1.29, 1.82) is 0 Å². The van der Waals surface area contributed by atoms with Gasteiger partial charge in [0.2, 0.25) is 0 Å². The Labute approximate surface area is 117 Å². The lowest BCUT2D eigenvalue weighted by molar-refractivity contribution is 0.422. The highest BCUT2D eigenvalue weighted by molar-refractivity contribution is 5.44. The van der Waals surface area contributed by atoms with Crippen LogP contribution in [0, 0.1) is 11.8 Å². The van der Waals surface area contributed by atoms with Gasteiger partial charge in [-0.3, -0.25) is 0 Å². The monoisotopic (exact) mass is 261 g/mol. The molecule has 1 aromatic rings. The number of anilines is 1. The lowest BCUT2D eigenvalue weighted by Crippen LogP contribution is -2.23. The standard InChI is InChI=1S/C16H27N3/c1-11(2)14-5-6-19(10-14)16-8-13(9-17)7-15(18-16)12(3)4/h7-8,11-12,14H,5-6,9-10,17H2,1-4H3. The molecule has 1 saturated heterocycles. The zero-order chi connectivity index (χ0) is 14.0. The SMILES string of the molecule is CC(C)c1cc(CN)cc(N2CCC(C(C)C)C2)n1. The number of hydrogen-bond donors (Lipinski definition) is 1. The number of rotatable bonds is 4. The van der Waals surface area contributed by atoms with Crippen LogP contribution in [-0.2, 0) is 6.54 Å². The molecular weight excluding hydrogens is 234 g/mol. The van der Waals surface area contributed by atoms with Crippen molar-refractivity contribution in [3.63, 3.8) is 0 Å². The van der Waals surface area contributed by atoms with Gasteiger partial charge in [-0.15, -0.1) is 0 Å². The van der Waals surface area contributed by atoms with Crippen LogP contribution in [0.3, 0.4) is 0 Å². The van der Waals surface area contributed by atoms with E-state index >= 15 is 0 Å². The predicted octanol–water partition coefficient (Wildman–Crippen LogP) is 3.15. The molecule has 1 aliphatic heterocycles. The molecule has 0 amide bonds. The van der Waals surface area contributed by atoms with Gasteiger partial charge in [0.25, 0.3) is 0 Å². The Kier molecular flexibility index (Phi) is 4.46. The fourth-order valence-electron chi connectivity index (χ4n) is 2.71. The van der Waals surface area contributed by atoms with Crippen LogP contribution in [-0.4, -0.2) is 18.1 Å². The molecule has 0 bridgehead atoms. The van der Waals surface area contributed by atoms with E-state index in [0.717, 1.165) is 36.4 Å². The molecule has 0 spiro atoms. The van der Waals surface area contributed by atoms with Gasteiger partial charge in [-0.25, -0.2) is 4.98 Å². The zero-order valence-electron chi connectivity index (χ0n) is 12.7. The Morgan fingerprint density at radius 2 is 2.05 bits per heavy atom. The summed E-state index contributed by atoms with van der Waals surface area (Å²) in [6.45, 7) is 11.9. The molecule has 19 heavy (non-hydrogen) atoms. The second kappa shape index (κ2) is 5.91. The number of hydrogen-bond acceptors (Lipinski definition) is 3. The van der Waals surface area contributed by atoms with Crippen molar-refractivity contribution in [2.75, 3.05) is 18.0 Å². The summed E-state index contributed by atoms with van der Waals surface area (Å²) in [4.78, 5) is 7.25. The molecule has 1 atom stereocenters. The lowest BCUT2D eigenvalue weighted by Gasteiger charge is -2.21. The van der Waals surface area contributed by atoms with E-state index < -0.39 is 0 Å². The Morgan fingerprint density at radius 1 is 1.32 bits per heavy atom. The Hall–Kier alpha value is -1.09. The minimum atomic E-state index is 0.453. The molecule has 2 heterocycles. The van der Waals surface area contributed by atoms with Crippen LogP contribution >= 0.6 is 0 Å². The molecule has 2 rings (SSSR count). The summed E-state index contributed by atoms with van der Waals surface area (Å²) in [6, 6.07) is 4.30. The fourth-order valence-corrected chi connectivity index (χ4v) is 2.71. The van der Waals surface area contributed by atoms with Crippen LogP contribution in [0.15, 0.2) is 12.1 Å². The van der Waals surface area contributed by atoms with Crippen LogP contribution in [0.2, 0.25) is 0 Å². The van der Waals surface area contributed by atoms with Gasteiger partial charge in [0, 0.05) is 25.3 Å². The summed E-state index contributed by atoms with van der Waals surface area (Å²) in [5.41, 5.74) is 8.17. The largest absolute Gasteiger partial charge is 0.356 e. The van der Waals surface area contributed by atoms with Gasteiger partial charge in [-0.05, 0) is 41.9 Å². The van der Waals surface area contributed by atoms with Gasteiger partial charge in [-0.2, -0.15) is 0 Å². The van der Waals surface area contributed by atoms with Crippen molar-refractivity contribution in [2.45, 2.75) is 46.6 Å². The van der Waals surface area contributed by atoms with Gasteiger partial charge in [0.1, 0.15) is 5.82 Å². The van der Waals surface area contributed by atoms with Crippen LogP contribution in [0.4, 0.5) is 5.82 Å². The van der Waals surface area contributed by atoms with Gasteiger partial charge in [0.15, 0.2) is 0 Å². The van der Waals surface area contributed by atoms with Gasteiger partial charge >= 0.3 is 0 Å². The highest BCUT2D eigenvalue weighted by Crippen LogP contribution is 2.28. The molecule has 0 aliphatic carbocycles. The van der Waals surface area contributed by atoms with E-state index in [-0.39, 0.29) is 0 Å². The van der Waals surface area contributed by atoms with E-state index in [0.29, 0.717) is 12.5 Å². The number of nitrogens with zero attached hydrogens (tertiary/aromatic N) is 2. The van der Waals surface area contributed by atoms with Crippen molar-refractivity contribution in [3.8, 4) is 0 Å². The van der Waals surface area contributed by atoms with Crippen molar-refractivity contribution < 1.29 is 0 Å². The molecule has 0 aromatic carbocycles. The Balaban J connectivity index is 2.22. The topological polar surface area (TPSA) is 42.1 Å². The van der Waals surface area contributed by atoms with Crippen LogP contribution in [0.1, 0.15) is 51.3 Å². The van der Waals surface area contributed by atoms with Crippen molar-refractivity contribution in [2.24, 2.45) is 17.6 Å². The molecule has 3 heteroatoms. The van der Waals surface area contributed by atoms with E-state index in [1.54, 1.807) is 0 Å². The highest BCUT2D eigenvalue weighted by atomic mass is 15.2. The fraction of sp³-hybridized carbons (Fsp3) is 0.688. The average Bonchev–Trinajstić information content (AvgIpc) is 2.87. The van der Waals surface area contributed by atoms with Gasteiger partial charge in [0.05, 0.1) is 0 Å². The number of nitrogens with two attached hydrogens (primary N) is 1. The Morgan fingerprint density at radius 3 is 2.58 bits per heavy atom. The third-order valence-corrected chi connectivity index (χ3v) is 4.21. The van der Waals surface area contributed by atoms with Crippen LogP contribution < -0.4 is 10.6 Å². The summed E-state index contributed by atoms with van der Waals surface area (Å²) < 4.78 is 0. The minimum absolute atomic E-state index is 0.453. The third kappa shape index (κ3) is 3.27. The molecule has 3 nitrogen and oxygen atoms in total. The smallest absolute Gasteiger partial charge is 0.129 e. The first kappa shape index (κ1) is 14.3. The van der Waals surface area contributed by atoms with E-state index in [1.807, 2.05) is 0 Å². The van der Waals surface area contributed by atoms with E-state index in [4.69, 9.17) is 10.7 Å². The molecule has 0 radical (unpaired) electrons. The second-order valence-electron chi connectivity index (χ2n) is 6.36. The van der Waals surface area contributed by atoms with Crippen LogP contribution in [0.5, 0.6) is 0 Å². The molecule has 106 valence electrons. The highest BCUT2D eigenvalue weighted by Gasteiger charge is 2.26. The predicted molar refractivity (Wildman–Crippen MR) is 81.4 cm³/mol. The quantitative estimate of drug-likeness (QED) is 0.905. The summed E-state index contributed by atoms with van der Waals surface area (Å²) in [5.74, 6) is 3.13. The molecular formula is C16H27N3. The second-order valence-corrected chi connectivity index (χ2v) is 6.36. The first-order valence-corrected chi connectivity index (χ1v) is 7.47. The van der Waals surface area contributed by atoms with Crippen molar-refractivity contribution in [1.82, 2.24) is 4.98 Å². The summed E-state index contributed by atoms with van der Waals surface area (Å²) in [6.07, 6.45) is 1.28. The average molecular weight is 261 g/mol. The number of aromatic nitrogens is 1. The third-order valence-electron chi connectivity index (χ3n) is 4.21. The first-order chi connectivity index (χ1) is 9.01. The molecule has 1 aromatic heterocycles. The van der Waals surface area contributed by atoms with Gasteiger partial charge in [-0.1, -0.05) is 27.7 Å². The maximum Gasteiger partial charge on any atom is 0.129 e. The number of pyridine rings is 1.